The predicted molar refractivity (Wildman–Crippen MR) is 69.3 cm³/mol. The summed E-state index contributed by atoms with van der Waals surface area (Å²) < 4.78 is 11.1. The van der Waals surface area contributed by atoms with E-state index in [2.05, 4.69) is 32.9 Å². The number of methoxy groups -OCH3 is 1. The molecule has 1 aliphatic heterocycles. The number of benzene rings is 1. The van der Waals surface area contributed by atoms with Crippen LogP contribution in [-0.2, 0) is 4.74 Å². The maximum atomic E-state index is 5.96. The lowest BCUT2D eigenvalue weighted by atomic mass is 9.66. The molecule has 1 saturated heterocycles. The summed E-state index contributed by atoms with van der Waals surface area (Å²) >= 11 is 0. The lowest BCUT2D eigenvalue weighted by Crippen LogP contribution is -2.51. The van der Waals surface area contributed by atoms with Crippen molar-refractivity contribution in [2.24, 2.45) is 5.41 Å². The predicted octanol–water partition coefficient (Wildman–Crippen LogP) is 3.96. The van der Waals surface area contributed by atoms with Gasteiger partial charge in [0.2, 0.25) is 0 Å². The van der Waals surface area contributed by atoms with Crippen LogP contribution in [0, 0.1) is 5.41 Å². The molecule has 2 atom stereocenters. The number of hydrogen-bond donors (Lipinski definition) is 0. The first kappa shape index (κ1) is 12.4. The minimum absolute atomic E-state index is 0.249. The molecule has 0 bridgehead atoms. The highest BCUT2D eigenvalue weighted by atomic mass is 16.5. The molecule has 0 spiro atoms. The highest BCUT2D eigenvalue weighted by Gasteiger charge is 2.52. The van der Waals surface area contributed by atoms with Crippen LogP contribution in [-0.4, -0.2) is 13.2 Å². The molecule has 0 aromatic heterocycles. The van der Waals surface area contributed by atoms with Crippen LogP contribution in [0.2, 0.25) is 0 Å². The van der Waals surface area contributed by atoms with Crippen molar-refractivity contribution < 1.29 is 9.47 Å². The van der Waals surface area contributed by atoms with Gasteiger partial charge in [-0.1, -0.05) is 26.0 Å². The van der Waals surface area contributed by atoms with Gasteiger partial charge in [-0.05, 0) is 37.5 Å². The molecular weight excluding hydrogens is 212 g/mol. The zero-order valence-electron chi connectivity index (χ0n) is 11.2. The normalized spacial score (nSPS) is 26.4. The van der Waals surface area contributed by atoms with Crippen molar-refractivity contribution in [3.63, 3.8) is 0 Å². The van der Waals surface area contributed by atoms with Crippen molar-refractivity contribution in [2.45, 2.75) is 45.8 Å². The minimum atomic E-state index is 0.249. The van der Waals surface area contributed by atoms with E-state index in [1.54, 1.807) is 7.11 Å². The van der Waals surface area contributed by atoms with Crippen LogP contribution in [0.4, 0.5) is 0 Å². The van der Waals surface area contributed by atoms with Crippen LogP contribution >= 0.6 is 0 Å². The summed E-state index contributed by atoms with van der Waals surface area (Å²) in [5.74, 6) is 0.903. The summed E-state index contributed by atoms with van der Waals surface area (Å²) in [6, 6.07) is 8.26. The zero-order chi connectivity index (χ0) is 12.5. The van der Waals surface area contributed by atoms with E-state index in [0.717, 1.165) is 5.75 Å². The molecule has 0 aliphatic carbocycles. The van der Waals surface area contributed by atoms with Crippen molar-refractivity contribution >= 4 is 0 Å². The van der Waals surface area contributed by atoms with Gasteiger partial charge in [-0.2, -0.15) is 0 Å². The molecule has 2 heteroatoms. The Hall–Kier alpha value is -1.02. The maximum Gasteiger partial charge on any atom is 0.118 e. The molecule has 0 saturated carbocycles. The highest BCUT2D eigenvalue weighted by molar-refractivity contribution is 5.31. The highest BCUT2D eigenvalue weighted by Crippen LogP contribution is 2.55. The van der Waals surface area contributed by atoms with Crippen LogP contribution in [0.15, 0.2) is 24.3 Å². The van der Waals surface area contributed by atoms with Gasteiger partial charge in [0.15, 0.2) is 0 Å². The Balaban J connectivity index is 2.22. The van der Waals surface area contributed by atoms with E-state index in [4.69, 9.17) is 9.47 Å². The van der Waals surface area contributed by atoms with E-state index < -0.39 is 0 Å². The monoisotopic (exact) mass is 234 g/mol. The molecule has 0 amide bonds. The van der Waals surface area contributed by atoms with E-state index in [1.165, 1.54) is 18.4 Å². The molecule has 1 aliphatic rings. The minimum Gasteiger partial charge on any atom is -0.497 e. The maximum absolute atomic E-state index is 5.96. The van der Waals surface area contributed by atoms with Gasteiger partial charge in [-0.3, -0.25) is 0 Å². The van der Waals surface area contributed by atoms with Crippen LogP contribution in [0.25, 0.3) is 0 Å². The van der Waals surface area contributed by atoms with Gasteiger partial charge >= 0.3 is 0 Å². The summed E-state index contributed by atoms with van der Waals surface area (Å²) in [5, 5.41) is 0. The third-order valence-corrected chi connectivity index (χ3v) is 4.41. The SMILES string of the molecule is CCC1(CC)C(C)OC1c1ccc(OC)cc1. The Labute approximate surface area is 104 Å². The first-order valence-electron chi connectivity index (χ1n) is 6.47. The summed E-state index contributed by atoms with van der Waals surface area (Å²) in [5.41, 5.74) is 1.59. The Morgan fingerprint density at radius 3 is 2.18 bits per heavy atom. The van der Waals surface area contributed by atoms with E-state index in [9.17, 15) is 0 Å². The Bertz CT molecular complexity index is 365. The lowest BCUT2D eigenvalue weighted by Gasteiger charge is -2.54. The number of rotatable bonds is 4. The average molecular weight is 234 g/mol. The fraction of sp³-hybridized carbons (Fsp3) is 0.600. The van der Waals surface area contributed by atoms with Crippen molar-refractivity contribution in [3.05, 3.63) is 29.8 Å². The number of hydrogen-bond acceptors (Lipinski definition) is 2. The fourth-order valence-electron chi connectivity index (χ4n) is 3.00. The third-order valence-electron chi connectivity index (χ3n) is 4.41. The summed E-state index contributed by atoms with van der Waals surface area (Å²) in [6.07, 6.45) is 2.95. The van der Waals surface area contributed by atoms with E-state index in [-0.39, 0.29) is 6.10 Å². The Morgan fingerprint density at radius 1 is 1.18 bits per heavy atom. The van der Waals surface area contributed by atoms with Gasteiger partial charge in [0.25, 0.3) is 0 Å². The lowest BCUT2D eigenvalue weighted by molar-refractivity contribution is -0.251. The Kier molecular flexibility index (Phi) is 3.43. The molecule has 1 aromatic rings. The topological polar surface area (TPSA) is 18.5 Å². The van der Waals surface area contributed by atoms with E-state index >= 15 is 0 Å². The second-order valence-electron chi connectivity index (χ2n) is 4.87. The molecule has 94 valence electrons. The molecule has 1 aromatic carbocycles. The van der Waals surface area contributed by atoms with Crippen LogP contribution in [0.5, 0.6) is 5.75 Å². The molecule has 2 nitrogen and oxygen atoms in total. The fourth-order valence-corrected chi connectivity index (χ4v) is 3.00. The molecule has 17 heavy (non-hydrogen) atoms. The molecule has 1 heterocycles. The summed E-state index contributed by atoms with van der Waals surface area (Å²) in [7, 11) is 1.69. The average Bonchev–Trinajstić information content (AvgIpc) is 2.38. The third kappa shape index (κ3) is 1.85. The molecule has 1 fully saturated rings. The summed E-state index contributed by atoms with van der Waals surface area (Å²) in [4.78, 5) is 0. The molecular formula is C15H22O2. The largest absolute Gasteiger partial charge is 0.497 e. The van der Waals surface area contributed by atoms with Crippen LogP contribution in [0.1, 0.15) is 45.3 Å². The van der Waals surface area contributed by atoms with Gasteiger partial charge in [0.05, 0.1) is 19.3 Å². The number of ether oxygens (including phenoxy) is 2. The van der Waals surface area contributed by atoms with Crippen LogP contribution in [0.3, 0.4) is 0 Å². The van der Waals surface area contributed by atoms with Gasteiger partial charge < -0.3 is 9.47 Å². The van der Waals surface area contributed by atoms with Crippen LogP contribution < -0.4 is 4.74 Å². The molecule has 2 unspecified atom stereocenters. The van der Waals surface area contributed by atoms with Gasteiger partial charge in [0.1, 0.15) is 5.75 Å². The summed E-state index contributed by atoms with van der Waals surface area (Å²) in [6.45, 7) is 6.71. The quantitative estimate of drug-likeness (QED) is 0.785. The van der Waals surface area contributed by atoms with Gasteiger partial charge in [-0.25, -0.2) is 0 Å². The van der Waals surface area contributed by atoms with E-state index in [1.807, 2.05) is 12.1 Å². The van der Waals surface area contributed by atoms with Gasteiger partial charge in [0, 0.05) is 5.41 Å². The van der Waals surface area contributed by atoms with Crippen molar-refractivity contribution in [1.82, 2.24) is 0 Å². The standard InChI is InChI=1S/C15H22O2/c1-5-15(6-2)11(3)17-14(15)12-7-9-13(16-4)10-8-12/h7-11,14H,5-6H2,1-4H3. The van der Waals surface area contributed by atoms with Crippen molar-refractivity contribution in [3.8, 4) is 5.75 Å². The first-order chi connectivity index (χ1) is 8.17. The van der Waals surface area contributed by atoms with Crippen molar-refractivity contribution in [1.29, 1.82) is 0 Å². The Morgan fingerprint density at radius 2 is 1.76 bits per heavy atom. The molecule has 0 radical (unpaired) electrons. The smallest absolute Gasteiger partial charge is 0.118 e. The first-order valence-corrected chi connectivity index (χ1v) is 6.47. The van der Waals surface area contributed by atoms with Gasteiger partial charge in [-0.15, -0.1) is 0 Å². The second kappa shape index (κ2) is 4.69. The molecule has 0 N–H and O–H groups in total. The van der Waals surface area contributed by atoms with Crippen molar-refractivity contribution in [2.75, 3.05) is 7.11 Å². The zero-order valence-corrected chi connectivity index (χ0v) is 11.2. The van der Waals surface area contributed by atoms with E-state index in [0.29, 0.717) is 11.5 Å². The molecule has 2 rings (SSSR count). The second-order valence-corrected chi connectivity index (χ2v) is 4.87.